The molecule has 2 rings (SSSR count). The SMILES string of the molecule is CCNCC1(OCC2CCCC2)CCC(C(C)(C)C)CC1. The van der Waals surface area contributed by atoms with Crippen molar-refractivity contribution in [2.45, 2.75) is 84.7 Å². The van der Waals surface area contributed by atoms with Crippen LogP contribution >= 0.6 is 0 Å². The molecule has 2 saturated carbocycles. The average Bonchev–Trinajstić information content (AvgIpc) is 2.96. The monoisotopic (exact) mass is 295 g/mol. The third kappa shape index (κ3) is 4.96. The smallest absolute Gasteiger partial charge is 0.0806 e. The van der Waals surface area contributed by atoms with Gasteiger partial charge in [-0.15, -0.1) is 0 Å². The Balaban J connectivity index is 1.88. The van der Waals surface area contributed by atoms with Crippen LogP contribution < -0.4 is 5.32 Å². The molecular weight excluding hydrogens is 258 g/mol. The van der Waals surface area contributed by atoms with E-state index in [4.69, 9.17) is 4.74 Å². The fraction of sp³-hybridized carbons (Fsp3) is 1.00. The van der Waals surface area contributed by atoms with E-state index in [1.54, 1.807) is 0 Å². The Morgan fingerprint density at radius 2 is 1.67 bits per heavy atom. The minimum Gasteiger partial charge on any atom is -0.373 e. The molecule has 2 aliphatic rings. The lowest BCUT2D eigenvalue weighted by molar-refractivity contribution is -0.0949. The molecule has 2 aliphatic carbocycles. The molecule has 2 heteroatoms. The fourth-order valence-electron chi connectivity index (χ4n) is 4.21. The van der Waals surface area contributed by atoms with Crippen molar-refractivity contribution in [2.75, 3.05) is 19.7 Å². The topological polar surface area (TPSA) is 21.3 Å². The van der Waals surface area contributed by atoms with Crippen molar-refractivity contribution in [2.24, 2.45) is 17.3 Å². The number of likely N-dealkylation sites (N-methyl/N-ethyl adjacent to an activating group) is 1. The molecule has 2 nitrogen and oxygen atoms in total. The third-order valence-electron chi connectivity index (χ3n) is 5.92. The number of rotatable bonds is 6. The van der Waals surface area contributed by atoms with E-state index < -0.39 is 0 Å². The lowest BCUT2D eigenvalue weighted by Gasteiger charge is -2.44. The van der Waals surface area contributed by atoms with Gasteiger partial charge in [0.25, 0.3) is 0 Å². The van der Waals surface area contributed by atoms with Gasteiger partial charge in [0.2, 0.25) is 0 Å². The first-order chi connectivity index (χ1) is 9.95. The van der Waals surface area contributed by atoms with Crippen LogP contribution in [-0.4, -0.2) is 25.3 Å². The van der Waals surface area contributed by atoms with Gasteiger partial charge in [0, 0.05) is 6.54 Å². The van der Waals surface area contributed by atoms with Crippen molar-refractivity contribution in [3.63, 3.8) is 0 Å². The molecule has 0 saturated heterocycles. The summed E-state index contributed by atoms with van der Waals surface area (Å²) in [5.74, 6) is 1.70. The average molecular weight is 296 g/mol. The van der Waals surface area contributed by atoms with Crippen molar-refractivity contribution in [1.82, 2.24) is 5.32 Å². The first-order valence-corrected chi connectivity index (χ1v) is 9.30. The summed E-state index contributed by atoms with van der Waals surface area (Å²) in [7, 11) is 0. The van der Waals surface area contributed by atoms with Crippen LogP contribution in [0.1, 0.15) is 79.1 Å². The maximum atomic E-state index is 6.56. The van der Waals surface area contributed by atoms with Crippen LogP contribution in [-0.2, 0) is 4.74 Å². The van der Waals surface area contributed by atoms with Gasteiger partial charge in [-0.3, -0.25) is 0 Å². The summed E-state index contributed by atoms with van der Waals surface area (Å²) in [6, 6.07) is 0. The van der Waals surface area contributed by atoms with E-state index in [0.717, 1.165) is 31.5 Å². The zero-order valence-corrected chi connectivity index (χ0v) is 14.8. The van der Waals surface area contributed by atoms with Crippen molar-refractivity contribution in [1.29, 1.82) is 0 Å². The van der Waals surface area contributed by atoms with E-state index in [2.05, 4.69) is 33.0 Å². The third-order valence-corrected chi connectivity index (χ3v) is 5.92. The Labute approximate surface area is 132 Å². The van der Waals surface area contributed by atoms with E-state index in [1.165, 1.54) is 51.4 Å². The van der Waals surface area contributed by atoms with Gasteiger partial charge in [-0.05, 0) is 62.3 Å². The van der Waals surface area contributed by atoms with Crippen molar-refractivity contribution in [3.8, 4) is 0 Å². The number of ether oxygens (including phenoxy) is 1. The summed E-state index contributed by atoms with van der Waals surface area (Å²) >= 11 is 0. The molecule has 0 amide bonds. The number of hydrogen-bond acceptors (Lipinski definition) is 2. The Morgan fingerprint density at radius 3 is 2.19 bits per heavy atom. The highest BCUT2D eigenvalue weighted by Crippen LogP contribution is 2.43. The van der Waals surface area contributed by atoms with Crippen LogP contribution in [0.25, 0.3) is 0 Å². The van der Waals surface area contributed by atoms with E-state index in [0.29, 0.717) is 5.41 Å². The van der Waals surface area contributed by atoms with E-state index in [9.17, 15) is 0 Å². The molecule has 0 heterocycles. The molecule has 0 spiro atoms. The van der Waals surface area contributed by atoms with Gasteiger partial charge in [-0.1, -0.05) is 40.5 Å². The van der Waals surface area contributed by atoms with Crippen LogP contribution in [0.2, 0.25) is 0 Å². The molecule has 124 valence electrons. The minimum atomic E-state index is 0.125. The lowest BCUT2D eigenvalue weighted by atomic mass is 9.68. The van der Waals surface area contributed by atoms with Gasteiger partial charge < -0.3 is 10.1 Å². The molecule has 1 N–H and O–H groups in total. The van der Waals surface area contributed by atoms with Crippen LogP contribution in [0.5, 0.6) is 0 Å². The van der Waals surface area contributed by atoms with Crippen LogP contribution in [0, 0.1) is 17.3 Å². The van der Waals surface area contributed by atoms with E-state index in [-0.39, 0.29) is 5.60 Å². The maximum absolute atomic E-state index is 6.56. The van der Waals surface area contributed by atoms with Gasteiger partial charge in [-0.25, -0.2) is 0 Å². The zero-order chi connectivity index (χ0) is 15.3. The number of hydrogen-bond donors (Lipinski definition) is 1. The molecular formula is C19H37NO. The van der Waals surface area contributed by atoms with Gasteiger partial charge in [0.05, 0.1) is 12.2 Å². The normalized spacial score (nSPS) is 31.7. The summed E-state index contributed by atoms with van der Waals surface area (Å²) in [5.41, 5.74) is 0.580. The molecule has 0 aromatic rings. The standard InChI is InChI=1S/C19H37NO/c1-5-20-15-19(21-14-16-8-6-7-9-16)12-10-17(11-13-19)18(2,3)4/h16-17,20H,5-15H2,1-4H3. The molecule has 0 aromatic heterocycles. The Bertz CT molecular complexity index is 293. The predicted octanol–water partition coefficient (Wildman–Crippen LogP) is 4.78. The lowest BCUT2D eigenvalue weighted by Crippen LogP contribution is -2.47. The van der Waals surface area contributed by atoms with Crippen LogP contribution in [0.3, 0.4) is 0 Å². The van der Waals surface area contributed by atoms with Gasteiger partial charge in [0.1, 0.15) is 0 Å². The molecule has 0 bridgehead atoms. The predicted molar refractivity (Wildman–Crippen MR) is 90.6 cm³/mol. The quantitative estimate of drug-likeness (QED) is 0.761. The highest BCUT2D eigenvalue weighted by molar-refractivity contribution is 4.92. The largest absolute Gasteiger partial charge is 0.373 e. The Hall–Kier alpha value is -0.0800. The second-order valence-corrected chi connectivity index (χ2v) is 8.57. The Morgan fingerprint density at radius 1 is 1.05 bits per heavy atom. The van der Waals surface area contributed by atoms with Crippen molar-refractivity contribution < 1.29 is 4.74 Å². The summed E-state index contributed by atoms with van der Waals surface area (Å²) in [4.78, 5) is 0. The zero-order valence-electron chi connectivity index (χ0n) is 14.8. The fourth-order valence-corrected chi connectivity index (χ4v) is 4.21. The molecule has 0 atom stereocenters. The molecule has 21 heavy (non-hydrogen) atoms. The molecule has 0 aromatic carbocycles. The van der Waals surface area contributed by atoms with E-state index in [1.807, 2.05) is 0 Å². The minimum absolute atomic E-state index is 0.125. The molecule has 2 fully saturated rings. The summed E-state index contributed by atoms with van der Waals surface area (Å²) in [6.07, 6.45) is 10.8. The van der Waals surface area contributed by atoms with E-state index >= 15 is 0 Å². The first-order valence-electron chi connectivity index (χ1n) is 9.30. The molecule has 0 aliphatic heterocycles. The molecule has 0 unspecified atom stereocenters. The van der Waals surface area contributed by atoms with Crippen LogP contribution in [0.15, 0.2) is 0 Å². The highest BCUT2D eigenvalue weighted by Gasteiger charge is 2.39. The van der Waals surface area contributed by atoms with Gasteiger partial charge >= 0.3 is 0 Å². The maximum Gasteiger partial charge on any atom is 0.0806 e. The van der Waals surface area contributed by atoms with Gasteiger partial charge in [0.15, 0.2) is 0 Å². The summed E-state index contributed by atoms with van der Waals surface area (Å²) < 4.78 is 6.56. The van der Waals surface area contributed by atoms with Crippen molar-refractivity contribution >= 4 is 0 Å². The highest BCUT2D eigenvalue weighted by atomic mass is 16.5. The number of nitrogens with one attached hydrogen (secondary N) is 1. The first kappa shape index (κ1) is 17.3. The van der Waals surface area contributed by atoms with Crippen LogP contribution in [0.4, 0.5) is 0 Å². The molecule has 0 radical (unpaired) electrons. The second-order valence-electron chi connectivity index (χ2n) is 8.57. The Kier molecular flexibility index (Phi) is 6.14. The second kappa shape index (κ2) is 7.46. The van der Waals surface area contributed by atoms with Crippen molar-refractivity contribution in [3.05, 3.63) is 0 Å². The van der Waals surface area contributed by atoms with Gasteiger partial charge in [-0.2, -0.15) is 0 Å². The summed E-state index contributed by atoms with van der Waals surface area (Å²) in [6.45, 7) is 12.5. The summed E-state index contributed by atoms with van der Waals surface area (Å²) in [5, 5.41) is 3.56.